The molecule has 4 rings (SSSR count). The topological polar surface area (TPSA) is 99.5 Å². The van der Waals surface area contributed by atoms with E-state index in [0.29, 0.717) is 30.2 Å². The molecule has 0 aliphatic carbocycles. The molecule has 0 radical (unpaired) electrons. The summed E-state index contributed by atoms with van der Waals surface area (Å²) < 4.78 is 32.7. The minimum atomic E-state index is -0.963. The van der Waals surface area contributed by atoms with Crippen LogP contribution < -0.4 is 25.5 Å². The van der Waals surface area contributed by atoms with Gasteiger partial charge in [-0.05, 0) is 37.1 Å². The molecule has 1 atom stereocenters. The fourth-order valence-electron chi connectivity index (χ4n) is 4.26. The largest absolute Gasteiger partial charge is 0.493 e. The van der Waals surface area contributed by atoms with Gasteiger partial charge in [-0.2, -0.15) is 5.26 Å². The molecule has 0 fully saturated rings. The second-order valence-corrected chi connectivity index (χ2v) is 7.91. The molecule has 174 valence electrons. The van der Waals surface area contributed by atoms with E-state index in [1.165, 1.54) is 6.07 Å². The van der Waals surface area contributed by atoms with Crippen LogP contribution in [0.5, 0.6) is 17.2 Å². The molecule has 7 nitrogen and oxygen atoms in total. The van der Waals surface area contributed by atoms with Gasteiger partial charge in [0.05, 0.1) is 25.7 Å². The molecule has 34 heavy (non-hydrogen) atoms. The van der Waals surface area contributed by atoms with Crippen molar-refractivity contribution in [3.8, 4) is 23.3 Å². The molecule has 2 aromatic carbocycles. The number of rotatable bonds is 6. The number of halogens is 1. The molecule has 0 bridgehead atoms. The van der Waals surface area contributed by atoms with Crippen molar-refractivity contribution >= 4 is 0 Å². The van der Waals surface area contributed by atoms with Gasteiger partial charge in [0.1, 0.15) is 23.2 Å². The van der Waals surface area contributed by atoms with Crippen molar-refractivity contribution in [1.29, 1.82) is 5.26 Å². The molecule has 0 unspecified atom stereocenters. The molecule has 2 heterocycles. The molecule has 0 saturated carbocycles. The third-order valence-corrected chi connectivity index (χ3v) is 5.98. The number of nitriles is 1. The molecule has 2 N–H and O–H groups in total. The van der Waals surface area contributed by atoms with Crippen molar-refractivity contribution in [2.45, 2.75) is 25.8 Å². The third kappa shape index (κ3) is 3.97. The van der Waals surface area contributed by atoms with Gasteiger partial charge >= 0.3 is 0 Å². The van der Waals surface area contributed by atoms with Crippen molar-refractivity contribution in [3.63, 3.8) is 0 Å². The highest BCUT2D eigenvalue weighted by Gasteiger charge is 2.35. The van der Waals surface area contributed by atoms with E-state index in [9.17, 15) is 14.4 Å². The smallest absolute Gasteiger partial charge is 0.258 e. The maximum absolute atomic E-state index is 14.8. The second-order valence-electron chi connectivity index (χ2n) is 7.91. The summed E-state index contributed by atoms with van der Waals surface area (Å²) in [5.41, 5.74) is 7.62. The maximum Gasteiger partial charge on any atom is 0.258 e. The zero-order chi connectivity index (χ0) is 24.4. The van der Waals surface area contributed by atoms with Gasteiger partial charge < -0.3 is 24.5 Å². The van der Waals surface area contributed by atoms with Crippen LogP contribution in [0, 0.1) is 24.1 Å². The molecule has 0 saturated heterocycles. The number of benzene rings is 2. The van der Waals surface area contributed by atoms with Crippen molar-refractivity contribution in [1.82, 2.24) is 4.57 Å². The van der Waals surface area contributed by atoms with Gasteiger partial charge in [0.2, 0.25) is 5.88 Å². The quantitative estimate of drug-likeness (QED) is 0.600. The predicted octanol–water partition coefficient (Wildman–Crippen LogP) is 3.77. The first-order valence-electron chi connectivity index (χ1n) is 10.7. The molecular weight excluding hydrogens is 437 g/mol. The molecule has 0 spiro atoms. The fourth-order valence-corrected chi connectivity index (χ4v) is 4.26. The van der Waals surface area contributed by atoms with Gasteiger partial charge in [-0.25, -0.2) is 4.39 Å². The van der Waals surface area contributed by atoms with E-state index in [2.05, 4.69) is 0 Å². The first kappa shape index (κ1) is 22.9. The number of fused-ring (bicyclic) bond motifs is 1. The lowest BCUT2D eigenvalue weighted by Crippen LogP contribution is -2.33. The van der Waals surface area contributed by atoms with E-state index in [1.807, 2.05) is 24.3 Å². The molecule has 3 aromatic rings. The zero-order valence-electron chi connectivity index (χ0n) is 19.1. The van der Waals surface area contributed by atoms with Crippen molar-refractivity contribution in [2.75, 3.05) is 14.2 Å². The number of hydrogen-bond acceptors (Lipinski definition) is 6. The van der Waals surface area contributed by atoms with E-state index < -0.39 is 11.7 Å². The highest BCUT2D eigenvalue weighted by atomic mass is 19.1. The van der Waals surface area contributed by atoms with E-state index >= 15 is 0 Å². The highest BCUT2D eigenvalue weighted by molar-refractivity contribution is 5.55. The summed E-state index contributed by atoms with van der Waals surface area (Å²) in [5.74, 6) is -0.179. The molecule has 1 aliphatic rings. The normalized spacial score (nSPS) is 14.7. The second kappa shape index (κ2) is 9.32. The van der Waals surface area contributed by atoms with Crippen LogP contribution in [-0.4, -0.2) is 18.8 Å². The third-order valence-electron chi connectivity index (χ3n) is 5.98. The molecular formula is C26H24FN3O4. The molecule has 1 aliphatic heterocycles. The summed E-state index contributed by atoms with van der Waals surface area (Å²) in [7, 11) is 3.13. The Bertz CT molecular complexity index is 1390. The van der Waals surface area contributed by atoms with Crippen LogP contribution in [0.1, 0.15) is 28.3 Å². The monoisotopic (exact) mass is 461 g/mol. The molecule has 8 heteroatoms. The van der Waals surface area contributed by atoms with Crippen LogP contribution in [0.15, 0.2) is 64.8 Å². The number of methoxy groups -OCH3 is 2. The Hall–Kier alpha value is -4.25. The maximum atomic E-state index is 14.8. The summed E-state index contributed by atoms with van der Waals surface area (Å²) in [6.45, 7) is 2.15. The SMILES string of the molecule is COc1ccc(CCn2c(C)cc3c(c2=O)[C@@H](c2ccccc2F)C(C#N)=C(N)O3)cc1OC. The first-order chi connectivity index (χ1) is 16.4. The highest BCUT2D eigenvalue weighted by Crippen LogP contribution is 2.41. The Kier molecular flexibility index (Phi) is 6.28. The Morgan fingerprint density at radius 2 is 1.88 bits per heavy atom. The zero-order valence-corrected chi connectivity index (χ0v) is 19.1. The van der Waals surface area contributed by atoms with Crippen molar-refractivity contribution in [2.24, 2.45) is 5.73 Å². The van der Waals surface area contributed by atoms with Crippen LogP contribution >= 0.6 is 0 Å². The summed E-state index contributed by atoms with van der Waals surface area (Å²) in [5, 5.41) is 9.75. The van der Waals surface area contributed by atoms with E-state index in [-0.39, 0.29) is 33.9 Å². The first-order valence-corrected chi connectivity index (χ1v) is 10.7. The van der Waals surface area contributed by atoms with Gasteiger partial charge in [0.25, 0.3) is 5.56 Å². The summed E-state index contributed by atoms with van der Waals surface area (Å²) in [4.78, 5) is 13.7. The van der Waals surface area contributed by atoms with Crippen LogP contribution in [-0.2, 0) is 13.0 Å². The molecule has 0 amide bonds. The number of hydrogen-bond donors (Lipinski definition) is 1. The Morgan fingerprint density at radius 1 is 1.15 bits per heavy atom. The molecule has 1 aromatic heterocycles. The lowest BCUT2D eigenvalue weighted by Gasteiger charge is -2.27. The average molecular weight is 461 g/mol. The average Bonchev–Trinajstić information content (AvgIpc) is 2.83. The number of pyridine rings is 1. The van der Waals surface area contributed by atoms with Crippen LogP contribution in [0.25, 0.3) is 0 Å². The van der Waals surface area contributed by atoms with Gasteiger partial charge in [-0.15, -0.1) is 0 Å². The van der Waals surface area contributed by atoms with Gasteiger partial charge in [0, 0.05) is 23.9 Å². The van der Waals surface area contributed by atoms with Gasteiger partial charge in [-0.1, -0.05) is 24.3 Å². The minimum absolute atomic E-state index is 0.00462. The Morgan fingerprint density at radius 3 is 2.56 bits per heavy atom. The Balaban J connectivity index is 1.78. The number of nitrogens with two attached hydrogens (primary N) is 1. The lowest BCUT2D eigenvalue weighted by molar-refractivity contribution is 0.354. The Labute approximate surface area is 196 Å². The van der Waals surface area contributed by atoms with Crippen molar-refractivity contribution < 1.29 is 18.6 Å². The fraction of sp³-hybridized carbons (Fsp3) is 0.231. The van der Waals surface area contributed by atoms with Crippen molar-refractivity contribution in [3.05, 3.63) is 98.5 Å². The van der Waals surface area contributed by atoms with Gasteiger partial charge in [-0.3, -0.25) is 4.79 Å². The van der Waals surface area contributed by atoms with E-state index in [0.717, 1.165) is 5.56 Å². The summed E-state index contributed by atoms with van der Waals surface area (Å²) in [6, 6.07) is 15.3. The number of aryl methyl sites for hydroxylation is 2. The van der Waals surface area contributed by atoms with Gasteiger partial charge in [0.15, 0.2) is 11.5 Å². The van der Waals surface area contributed by atoms with Crippen LogP contribution in [0.3, 0.4) is 0 Å². The lowest BCUT2D eigenvalue weighted by atomic mass is 9.83. The number of allylic oxidation sites excluding steroid dienone is 1. The minimum Gasteiger partial charge on any atom is -0.493 e. The number of ether oxygens (including phenoxy) is 3. The number of aromatic nitrogens is 1. The standard InChI is InChI=1S/C26H24FN3O4/c1-15-12-22-24(23(18(14-28)25(29)34-22)17-6-4-5-7-19(17)27)26(31)30(15)11-10-16-8-9-20(32-2)21(13-16)33-3/h4-9,12-13,23H,10-11,29H2,1-3H3/t23-/m0/s1. The van der Waals surface area contributed by atoms with Crippen LogP contribution in [0.4, 0.5) is 4.39 Å². The predicted molar refractivity (Wildman–Crippen MR) is 124 cm³/mol. The summed E-state index contributed by atoms with van der Waals surface area (Å²) in [6.07, 6.45) is 0.536. The van der Waals surface area contributed by atoms with E-state index in [1.54, 1.807) is 50.0 Å². The number of nitrogens with zero attached hydrogens (tertiary/aromatic N) is 2. The van der Waals surface area contributed by atoms with Crippen LogP contribution in [0.2, 0.25) is 0 Å². The van der Waals surface area contributed by atoms with E-state index in [4.69, 9.17) is 19.9 Å². The summed E-state index contributed by atoms with van der Waals surface area (Å²) >= 11 is 0.